The lowest BCUT2D eigenvalue weighted by molar-refractivity contribution is -0.123. The van der Waals surface area contributed by atoms with Crippen LogP contribution in [0.5, 0.6) is 5.75 Å². The maximum atomic E-state index is 11.6. The van der Waals surface area contributed by atoms with E-state index in [9.17, 15) is 9.90 Å². The number of hydrogen-bond donors (Lipinski definition) is 2. The fourth-order valence-corrected chi connectivity index (χ4v) is 1.71. The second kappa shape index (κ2) is 7.79. The van der Waals surface area contributed by atoms with E-state index in [2.05, 4.69) is 12.2 Å². The quantitative estimate of drug-likeness (QED) is 0.744. The summed E-state index contributed by atoms with van der Waals surface area (Å²) < 4.78 is 5.50. The highest BCUT2D eigenvalue weighted by Gasteiger charge is 2.10. The molecule has 0 saturated carbocycles. The zero-order valence-corrected chi connectivity index (χ0v) is 11.9. The summed E-state index contributed by atoms with van der Waals surface area (Å²) in [5.74, 6) is 0.437. The number of aliphatic hydroxyl groups excluding tert-OH is 1. The average Bonchev–Trinajstić information content (AvgIpc) is 2.36. The van der Waals surface area contributed by atoms with Crippen LogP contribution < -0.4 is 10.1 Å². The summed E-state index contributed by atoms with van der Waals surface area (Å²) in [5, 5.41) is 12.4. The third-order valence-electron chi connectivity index (χ3n) is 2.83. The number of rotatable bonds is 7. The predicted octanol–water partition coefficient (Wildman–Crippen LogP) is 2.34. The summed E-state index contributed by atoms with van der Waals surface area (Å²) >= 11 is 0. The molecule has 1 atom stereocenters. The number of ether oxygens (including phenoxy) is 1. The average molecular weight is 265 g/mol. The van der Waals surface area contributed by atoms with Gasteiger partial charge in [-0.15, -0.1) is 0 Å². The van der Waals surface area contributed by atoms with Gasteiger partial charge in [0.25, 0.3) is 5.91 Å². The molecule has 0 aliphatic carbocycles. The van der Waals surface area contributed by atoms with Gasteiger partial charge in [-0.05, 0) is 31.9 Å². The molecule has 0 saturated heterocycles. The first-order valence-electron chi connectivity index (χ1n) is 6.72. The van der Waals surface area contributed by atoms with E-state index in [4.69, 9.17) is 4.74 Å². The fourth-order valence-electron chi connectivity index (χ4n) is 1.71. The van der Waals surface area contributed by atoms with Crippen molar-refractivity contribution >= 4 is 5.91 Å². The molecule has 106 valence electrons. The number of carbonyl (C=O) groups excluding carboxylic acids is 1. The van der Waals surface area contributed by atoms with E-state index in [0.717, 1.165) is 18.4 Å². The van der Waals surface area contributed by atoms with Gasteiger partial charge in [-0.25, -0.2) is 0 Å². The van der Waals surface area contributed by atoms with Crippen molar-refractivity contribution in [3.05, 3.63) is 29.3 Å². The maximum Gasteiger partial charge on any atom is 0.257 e. The first-order valence-corrected chi connectivity index (χ1v) is 6.72. The van der Waals surface area contributed by atoms with Crippen molar-refractivity contribution in [3.63, 3.8) is 0 Å². The molecule has 0 bridgehead atoms. The SMILES string of the molecule is CCCCNC(=O)COc1cc(C)ccc1[C@@H](C)O. The highest BCUT2D eigenvalue weighted by molar-refractivity contribution is 5.77. The summed E-state index contributed by atoms with van der Waals surface area (Å²) in [5.41, 5.74) is 1.73. The minimum Gasteiger partial charge on any atom is -0.483 e. The van der Waals surface area contributed by atoms with Gasteiger partial charge in [0, 0.05) is 12.1 Å². The Kier molecular flexibility index (Phi) is 6.36. The van der Waals surface area contributed by atoms with Crippen LogP contribution in [-0.4, -0.2) is 24.2 Å². The van der Waals surface area contributed by atoms with Crippen LogP contribution in [0.25, 0.3) is 0 Å². The summed E-state index contributed by atoms with van der Waals surface area (Å²) in [4.78, 5) is 11.6. The number of carbonyl (C=O) groups is 1. The van der Waals surface area contributed by atoms with Crippen LogP contribution in [0.2, 0.25) is 0 Å². The summed E-state index contributed by atoms with van der Waals surface area (Å²) in [6, 6.07) is 5.57. The van der Waals surface area contributed by atoms with E-state index in [1.54, 1.807) is 6.92 Å². The molecule has 19 heavy (non-hydrogen) atoms. The molecule has 0 fully saturated rings. The van der Waals surface area contributed by atoms with Crippen molar-refractivity contribution in [2.45, 2.75) is 39.7 Å². The maximum absolute atomic E-state index is 11.6. The number of amides is 1. The highest BCUT2D eigenvalue weighted by Crippen LogP contribution is 2.26. The molecule has 0 aliphatic rings. The molecule has 4 nitrogen and oxygen atoms in total. The zero-order valence-electron chi connectivity index (χ0n) is 11.9. The molecule has 0 aliphatic heterocycles. The van der Waals surface area contributed by atoms with E-state index in [-0.39, 0.29) is 12.5 Å². The van der Waals surface area contributed by atoms with E-state index in [1.807, 2.05) is 25.1 Å². The molecule has 0 aromatic heterocycles. The third-order valence-corrected chi connectivity index (χ3v) is 2.83. The predicted molar refractivity (Wildman–Crippen MR) is 75.2 cm³/mol. The zero-order chi connectivity index (χ0) is 14.3. The number of hydrogen-bond acceptors (Lipinski definition) is 3. The number of nitrogens with one attached hydrogen (secondary N) is 1. The highest BCUT2D eigenvalue weighted by atomic mass is 16.5. The fraction of sp³-hybridized carbons (Fsp3) is 0.533. The minimum atomic E-state index is -0.612. The third kappa shape index (κ3) is 5.30. The second-order valence-electron chi connectivity index (χ2n) is 4.71. The molecular formula is C15H23NO3. The second-order valence-corrected chi connectivity index (χ2v) is 4.71. The summed E-state index contributed by atoms with van der Waals surface area (Å²) in [6.45, 7) is 6.35. The van der Waals surface area contributed by atoms with Crippen LogP contribution in [0.1, 0.15) is 43.9 Å². The molecule has 1 amide bonds. The first kappa shape index (κ1) is 15.5. The Morgan fingerprint density at radius 2 is 2.21 bits per heavy atom. The summed E-state index contributed by atoms with van der Waals surface area (Å²) in [7, 11) is 0. The molecule has 1 rings (SSSR count). The van der Waals surface area contributed by atoms with Gasteiger partial charge >= 0.3 is 0 Å². The summed E-state index contributed by atoms with van der Waals surface area (Å²) in [6.07, 6.45) is 1.40. The molecule has 4 heteroatoms. The first-order chi connectivity index (χ1) is 9.04. The van der Waals surface area contributed by atoms with Crippen LogP contribution >= 0.6 is 0 Å². The molecule has 0 spiro atoms. The minimum absolute atomic E-state index is 0.0209. The lowest BCUT2D eigenvalue weighted by Crippen LogP contribution is -2.29. The number of unbranched alkanes of at least 4 members (excludes halogenated alkanes) is 1. The molecule has 0 radical (unpaired) electrons. The van der Waals surface area contributed by atoms with Crippen molar-refractivity contribution in [3.8, 4) is 5.75 Å². The lowest BCUT2D eigenvalue weighted by Gasteiger charge is -2.14. The molecule has 2 N–H and O–H groups in total. The Morgan fingerprint density at radius 3 is 2.84 bits per heavy atom. The van der Waals surface area contributed by atoms with Crippen LogP contribution in [0.4, 0.5) is 0 Å². The number of aryl methyl sites for hydroxylation is 1. The molecule has 1 aromatic carbocycles. The van der Waals surface area contributed by atoms with E-state index < -0.39 is 6.10 Å². The Balaban J connectivity index is 2.56. The van der Waals surface area contributed by atoms with Crippen molar-refractivity contribution in [1.82, 2.24) is 5.32 Å². The standard InChI is InChI=1S/C15H23NO3/c1-4-5-8-16-15(18)10-19-14-9-11(2)6-7-13(14)12(3)17/h6-7,9,12,17H,4-5,8,10H2,1-3H3,(H,16,18)/t12-/m1/s1. The van der Waals surface area contributed by atoms with Crippen molar-refractivity contribution < 1.29 is 14.6 Å². The largest absolute Gasteiger partial charge is 0.483 e. The lowest BCUT2D eigenvalue weighted by atomic mass is 10.1. The van der Waals surface area contributed by atoms with Crippen LogP contribution in [0.15, 0.2) is 18.2 Å². The smallest absolute Gasteiger partial charge is 0.257 e. The van der Waals surface area contributed by atoms with Crippen LogP contribution in [0, 0.1) is 6.92 Å². The molecular weight excluding hydrogens is 242 g/mol. The van der Waals surface area contributed by atoms with Gasteiger partial charge in [-0.2, -0.15) is 0 Å². The Morgan fingerprint density at radius 1 is 1.47 bits per heavy atom. The van der Waals surface area contributed by atoms with Gasteiger partial charge in [0.2, 0.25) is 0 Å². The molecule has 0 unspecified atom stereocenters. The number of benzene rings is 1. The van der Waals surface area contributed by atoms with Gasteiger partial charge in [0.1, 0.15) is 5.75 Å². The van der Waals surface area contributed by atoms with Gasteiger partial charge in [0.05, 0.1) is 6.10 Å². The van der Waals surface area contributed by atoms with Crippen LogP contribution in [-0.2, 0) is 4.79 Å². The Labute approximate surface area is 114 Å². The van der Waals surface area contributed by atoms with Crippen molar-refractivity contribution in [2.75, 3.05) is 13.2 Å². The molecule has 1 aromatic rings. The topological polar surface area (TPSA) is 58.6 Å². The Hall–Kier alpha value is -1.55. The van der Waals surface area contributed by atoms with Gasteiger partial charge in [-0.3, -0.25) is 4.79 Å². The van der Waals surface area contributed by atoms with Crippen LogP contribution in [0.3, 0.4) is 0 Å². The van der Waals surface area contributed by atoms with E-state index in [0.29, 0.717) is 17.9 Å². The van der Waals surface area contributed by atoms with E-state index in [1.165, 1.54) is 0 Å². The normalized spacial score (nSPS) is 12.0. The van der Waals surface area contributed by atoms with Gasteiger partial charge in [-0.1, -0.05) is 25.5 Å². The molecule has 0 heterocycles. The van der Waals surface area contributed by atoms with Crippen molar-refractivity contribution in [1.29, 1.82) is 0 Å². The van der Waals surface area contributed by atoms with Gasteiger partial charge in [0.15, 0.2) is 6.61 Å². The van der Waals surface area contributed by atoms with E-state index >= 15 is 0 Å². The van der Waals surface area contributed by atoms with Gasteiger partial charge < -0.3 is 15.2 Å². The Bertz CT molecular complexity index is 416. The van der Waals surface area contributed by atoms with Crippen molar-refractivity contribution in [2.24, 2.45) is 0 Å². The number of aliphatic hydroxyl groups is 1. The monoisotopic (exact) mass is 265 g/mol.